The van der Waals surface area contributed by atoms with E-state index in [9.17, 15) is 18.0 Å². The van der Waals surface area contributed by atoms with Crippen molar-refractivity contribution in [2.75, 3.05) is 7.05 Å². The molecule has 1 saturated carbocycles. The molecule has 0 aliphatic heterocycles. The molecule has 0 saturated heterocycles. The Morgan fingerprint density at radius 1 is 1.23 bits per heavy atom. The number of benzene rings is 2. The quantitative estimate of drug-likeness (QED) is 0.562. The molecule has 2 N–H and O–H groups in total. The van der Waals surface area contributed by atoms with E-state index in [1.807, 2.05) is 0 Å². The number of aromatic amines is 1. The van der Waals surface area contributed by atoms with Gasteiger partial charge in [0.2, 0.25) is 10.0 Å². The van der Waals surface area contributed by atoms with Crippen LogP contribution >= 0.6 is 23.2 Å². The second-order valence-electron chi connectivity index (χ2n) is 7.35. The average Bonchev–Trinajstić information content (AvgIpc) is 3.50. The van der Waals surface area contributed by atoms with Gasteiger partial charge in [0.1, 0.15) is 10.7 Å². The van der Waals surface area contributed by atoms with Crippen LogP contribution in [0.5, 0.6) is 0 Å². The Morgan fingerprint density at radius 3 is 2.65 bits per heavy atom. The van der Waals surface area contributed by atoms with Crippen LogP contribution in [0.3, 0.4) is 0 Å². The number of sulfonamides is 1. The Balaban J connectivity index is 1.63. The Morgan fingerprint density at radius 2 is 1.94 bits per heavy atom. The molecule has 0 atom stereocenters. The number of aromatic nitrogens is 2. The van der Waals surface area contributed by atoms with Crippen LogP contribution in [0.1, 0.15) is 29.0 Å². The number of rotatable bonds is 6. The van der Waals surface area contributed by atoms with Crippen LogP contribution in [-0.2, 0) is 16.6 Å². The summed E-state index contributed by atoms with van der Waals surface area (Å²) in [6.07, 6.45) is 1.52. The minimum Gasteiger partial charge on any atom is -0.334 e. The molecule has 1 heterocycles. The Hall–Kier alpha value is -2.46. The fourth-order valence-electron chi connectivity index (χ4n) is 3.09. The summed E-state index contributed by atoms with van der Waals surface area (Å²) in [5.74, 6) is -0.256. The molecule has 2 aromatic carbocycles. The van der Waals surface area contributed by atoms with Crippen molar-refractivity contribution in [2.24, 2.45) is 0 Å². The third-order valence-corrected chi connectivity index (χ3v) is 7.13. The number of halogens is 2. The number of H-pyrrole nitrogens is 1. The summed E-state index contributed by atoms with van der Waals surface area (Å²) in [6, 6.07) is 9.15. The molecule has 11 heteroatoms. The second-order valence-corrected chi connectivity index (χ2v) is 9.85. The third-order valence-electron chi connectivity index (χ3n) is 4.84. The van der Waals surface area contributed by atoms with Crippen LogP contribution in [0.4, 0.5) is 0 Å². The first kappa shape index (κ1) is 21.8. The Kier molecular flexibility index (Phi) is 5.78. The van der Waals surface area contributed by atoms with E-state index in [0.717, 1.165) is 12.8 Å². The topological polar surface area (TPSA) is 112 Å². The Bertz CT molecular complexity index is 1350. The summed E-state index contributed by atoms with van der Waals surface area (Å²) in [4.78, 5) is 33.4. The number of fused-ring (bicyclic) bond motifs is 1. The number of amides is 1. The number of nitrogens with zero attached hydrogens (tertiary/aromatic N) is 2. The minimum absolute atomic E-state index is 0.0136. The number of nitrogens with one attached hydrogen (secondary N) is 2. The third kappa shape index (κ3) is 4.59. The lowest BCUT2D eigenvalue weighted by Gasteiger charge is -2.18. The number of carbonyl (C=O) groups is 1. The van der Waals surface area contributed by atoms with E-state index in [-0.39, 0.29) is 44.5 Å². The van der Waals surface area contributed by atoms with E-state index >= 15 is 0 Å². The largest absolute Gasteiger partial charge is 0.334 e. The van der Waals surface area contributed by atoms with E-state index in [2.05, 4.69) is 14.7 Å². The number of para-hydroxylation sites is 1. The molecule has 4 rings (SSSR count). The first-order valence-electron chi connectivity index (χ1n) is 9.40. The lowest BCUT2D eigenvalue weighted by Crippen LogP contribution is -2.30. The highest BCUT2D eigenvalue weighted by Gasteiger charge is 2.30. The van der Waals surface area contributed by atoms with E-state index in [4.69, 9.17) is 23.2 Å². The first-order chi connectivity index (χ1) is 14.7. The smallest absolute Gasteiger partial charge is 0.258 e. The molecular formula is C20H18Cl2N4O4S. The van der Waals surface area contributed by atoms with Crippen LogP contribution in [-0.4, -0.2) is 42.3 Å². The van der Waals surface area contributed by atoms with Gasteiger partial charge in [0, 0.05) is 13.1 Å². The Labute approximate surface area is 188 Å². The summed E-state index contributed by atoms with van der Waals surface area (Å²) >= 11 is 12.3. The van der Waals surface area contributed by atoms with E-state index in [1.165, 1.54) is 24.1 Å². The predicted octanol–water partition coefficient (Wildman–Crippen LogP) is 2.94. The number of carbonyl (C=O) groups excluding carboxylic acids is 1. The van der Waals surface area contributed by atoms with E-state index < -0.39 is 15.9 Å². The zero-order valence-corrected chi connectivity index (χ0v) is 18.7. The van der Waals surface area contributed by atoms with Crippen molar-refractivity contribution >= 4 is 50.0 Å². The van der Waals surface area contributed by atoms with Gasteiger partial charge < -0.3 is 9.88 Å². The minimum atomic E-state index is -3.89. The van der Waals surface area contributed by atoms with Gasteiger partial charge in [-0.25, -0.2) is 18.1 Å². The van der Waals surface area contributed by atoms with Crippen molar-refractivity contribution in [3.05, 3.63) is 68.2 Å². The van der Waals surface area contributed by atoms with Crippen LogP contribution < -0.4 is 10.3 Å². The molecule has 162 valence electrons. The summed E-state index contributed by atoms with van der Waals surface area (Å²) in [5.41, 5.74) is 0.171. The van der Waals surface area contributed by atoms with Crippen LogP contribution in [0.15, 0.2) is 46.1 Å². The van der Waals surface area contributed by atoms with Gasteiger partial charge in [0.05, 0.1) is 33.1 Å². The summed E-state index contributed by atoms with van der Waals surface area (Å²) in [6.45, 7) is -0.0136. The average molecular weight is 481 g/mol. The zero-order chi connectivity index (χ0) is 22.3. The number of hydrogen-bond acceptors (Lipinski definition) is 5. The van der Waals surface area contributed by atoms with Crippen molar-refractivity contribution in [1.29, 1.82) is 0 Å². The van der Waals surface area contributed by atoms with Crippen LogP contribution in [0.25, 0.3) is 10.9 Å². The predicted molar refractivity (Wildman–Crippen MR) is 118 cm³/mol. The molecule has 0 unspecified atom stereocenters. The normalized spacial score (nSPS) is 14.0. The van der Waals surface area contributed by atoms with Crippen molar-refractivity contribution in [3.63, 3.8) is 0 Å². The zero-order valence-electron chi connectivity index (χ0n) is 16.4. The molecule has 8 nitrogen and oxygen atoms in total. The first-order valence-corrected chi connectivity index (χ1v) is 11.6. The maximum absolute atomic E-state index is 13.0. The van der Waals surface area contributed by atoms with Crippen LogP contribution in [0, 0.1) is 0 Å². The summed E-state index contributed by atoms with van der Waals surface area (Å²) in [7, 11) is -2.39. The maximum Gasteiger partial charge on any atom is 0.258 e. The SMILES string of the molecule is CN(Cc1nc2ccccc2c(=O)[nH]1)C(=O)c1cc(S(=O)(=O)NC2CC2)c(Cl)cc1Cl. The van der Waals surface area contributed by atoms with Crippen molar-refractivity contribution < 1.29 is 13.2 Å². The maximum atomic E-state index is 13.0. The highest BCUT2D eigenvalue weighted by atomic mass is 35.5. The fourth-order valence-corrected chi connectivity index (χ4v) is 5.25. The lowest BCUT2D eigenvalue weighted by atomic mass is 10.2. The lowest BCUT2D eigenvalue weighted by molar-refractivity contribution is 0.0781. The van der Waals surface area contributed by atoms with E-state index in [0.29, 0.717) is 10.9 Å². The molecule has 0 radical (unpaired) electrons. The highest BCUT2D eigenvalue weighted by molar-refractivity contribution is 7.89. The van der Waals surface area contributed by atoms with Crippen molar-refractivity contribution in [3.8, 4) is 0 Å². The summed E-state index contributed by atoms with van der Waals surface area (Å²) in [5, 5.41) is 0.393. The fraction of sp³-hybridized carbons (Fsp3) is 0.250. The monoisotopic (exact) mass is 480 g/mol. The number of hydrogen-bond donors (Lipinski definition) is 2. The molecule has 1 fully saturated rings. The molecule has 1 aliphatic rings. The van der Waals surface area contributed by atoms with E-state index in [1.54, 1.807) is 24.3 Å². The standard InChI is InChI=1S/C20H18Cl2N4O4S/c1-26(10-18-23-16-5-3-2-4-12(16)19(27)24-18)20(28)13-8-17(15(22)9-14(13)21)31(29,30)25-11-6-7-11/h2-5,8-9,11,25H,6-7,10H2,1H3,(H,23,24,27). The highest BCUT2D eigenvalue weighted by Crippen LogP contribution is 2.31. The second kappa shape index (κ2) is 8.23. The van der Waals surface area contributed by atoms with Gasteiger partial charge in [-0.1, -0.05) is 35.3 Å². The van der Waals surface area contributed by atoms with Gasteiger partial charge in [-0.15, -0.1) is 0 Å². The van der Waals surface area contributed by atoms with Gasteiger partial charge in [0.25, 0.3) is 11.5 Å². The molecule has 0 bridgehead atoms. The van der Waals surface area contributed by atoms with Crippen molar-refractivity contribution in [1.82, 2.24) is 19.6 Å². The molecule has 1 amide bonds. The van der Waals surface area contributed by atoms with Gasteiger partial charge in [0.15, 0.2) is 0 Å². The summed E-state index contributed by atoms with van der Waals surface area (Å²) < 4.78 is 27.7. The van der Waals surface area contributed by atoms with Gasteiger partial charge in [-0.3, -0.25) is 9.59 Å². The molecular weight excluding hydrogens is 463 g/mol. The van der Waals surface area contributed by atoms with Gasteiger partial charge in [-0.05, 0) is 37.1 Å². The van der Waals surface area contributed by atoms with Crippen molar-refractivity contribution in [2.45, 2.75) is 30.3 Å². The van der Waals surface area contributed by atoms with Gasteiger partial charge in [-0.2, -0.15) is 0 Å². The molecule has 31 heavy (non-hydrogen) atoms. The molecule has 1 aromatic heterocycles. The molecule has 0 spiro atoms. The molecule has 1 aliphatic carbocycles. The molecule has 3 aromatic rings. The van der Waals surface area contributed by atoms with Crippen LogP contribution in [0.2, 0.25) is 10.0 Å². The van der Waals surface area contributed by atoms with Gasteiger partial charge >= 0.3 is 0 Å².